The minimum Gasteiger partial charge on any atom is -0.480 e. The number of carboxylic acid groups (broad SMARTS) is 1. The van der Waals surface area contributed by atoms with E-state index in [9.17, 15) is 9.59 Å². The van der Waals surface area contributed by atoms with Crippen LogP contribution in [0.2, 0.25) is 0 Å². The van der Waals surface area contributed by atoms with Crippen LogP contribution in [0, 0.1) is 0 Å². The summed E-state index contributed by atoms with van der Waals surface area (Å²) in [6.07, 6.45) is 1.80. The maximum atomic E-state index is 11.2. The number of carboxylic acids is 1. The van der Waals surface area contributed by atoms with Crippen LogP contribution in [0.3, 0.4) is 0 Å². The number of hydrogen-bond acceptors (Lipinski definition) is 3. The molecule has 0 spiro atoms. The second-order valence-electron chi connectivity index (χ2n) is 3.54. The van der Waals surface area contributed by atoms with Gasteiger partial charge in [-0.15, -0.1) is 0 Å². The second-order valence-corrected chi connectivity index (χ2v) is 3.54. The van der Waals surface area contributed by atoms with Crippen LogP contribution in [0.1, 0.15) is 20.3 Å². The predicted octanol–water partition coefficient (Wildman–Crippen LogP) is 0.0874. The van der Waals surface area contributed by atoms with Crippen molar-refractivity contribution in [2.24, 2.45) is 0 Å². The van der Waals surface area contributed by atoms with Gasteiger partial charge in [0.2, 0.25) is 0 Å². The molecule has 0 aliphatic carbocycles. The van der Waals surface area contributed by atoms with Gasteiger partial charge in [0.1, 0.15) is 6.04 Å². The van der Waals surface area contributed by atoms with E-state index in [4.69, 9.17) is 10.2 Å². The zero-order valence-electron chi connectivity index (χ0n) is 9.49. The standard InChI is InChI=1S/C10H18N2O4/c1-7(2)3-5-11-10(16)12-8(4-6-13)9(14)15/h3,8,13H,4-6H2,1-2H3,(H,14,15)(H2,11,12,16)/t8-/m1/s1. The minimum atomic E-state index is -1.16. The predicted molar refractivity (Wildman–Crippen MR) is 59.1 cm³/mol. The Kier molecular flexibility index (Phi) is 6.95. The molecule has 1 atom stereocenters. The van der Waals surface area contributed by atoms with Crippen molar-refractivity contribution in [1.82, 2.24) is 10.6 Å². The number of carbonyl (C=O) groups is 2. The molecule has 0 aromatic carbocycles. The third kappa shape index (κ3) is 6.83. The van der Waals surface area contributed by atoms with Crippen molar-refractivity contribution >= 4 is 12.0 Å². The highest BCUT2D eigenvalue weighted by molar-refractivity contribution is 5.82. The van der Waals surface area contributed by atoms with E-state index in [-0.39, 0.29) is 13.0 Å². The molecular formula is C10H18N2O4. The highest BCUT2D eigenvalue weighted by Gasteiger charge is 2.18. The van der Waals surface area contributed by atoms with E-state index < -0.39 is 18.0 Å². The zero-order valence-corrected chi connectivity index (χ0v) is 9.49. The van der Waals surface area contributed by atoms with Crippen molar-refractivity contribution < 1.29 is 19.8 Å². The van der Waals surface area contributed by atoms with Crippen molar-refractivity contribution in [2.75, 3.05) is 13.2 Å². The van der Waals surface area contributed by atoms with Crippen molar-refractivity contribution in [3.05, 3.63) is 11.6 Å². The van der Waals surface area contributed by atoms with Crippen molar-refractivity contribution in [2.45, 2.75) is 26.3 Å². The Morgan fingerprint density at radius 3 is 2.44 bits per heavy atom. The molecule has 0 bridgehead atoms. The molecule has 0 aliphatic rings. The molecule has 6 heteroatoms. The fourth-order valence-corrected chi connectivity index (χ4v) is 0.944. The molecule has 0 radical (unpaired) electrons. The van der Waals surface area contributed by atoms with Crippen LogP contribution in [-0.4, -0.2) is 41.4 Å². The van der Waals surface area contributed by atoms with Crippen LogP contribution in [0.5, 0.6) is 0 Å². The number of urea groups is 1. The first-order valence-electron chi connectivity index (χ1n) is 4.98. The largest absolute Gasteiger partial charge is 0.480 e. The SMILES string of the molecule is CC(C)=CCNC(=O)N[C@H](CCO)C(=O)O. The smallest absolute Gasteiger partial charge is 0.326 e. The Hall–Kier alpha value is -1.56. The monoisotopic (exact) mass is 230 g/mol. The van der Waals surface area contributed by atoms with Crippen LogP contribution >= 0.6 is 0 Å². The number of allylic oxidation sites excluding steroid dienone is 1. The van der Waals surface area contributed by atoms with Gasteiger partial charge in [-0.2, -0.15) is 0 Å². The molecule has 0 heterocycles. The number of aliphatic hydroxyl groups excluding tert-OH is 1. The average Bonchev–Trinajstić information content (AvgIpc) is 2.16. The van der Waals surface area contributed by atoms with Gasteiger partial charge >= 0.3 is 12.0 Å². The lowest BCUT2D eigenvalue weighted by molar-refractivity contribution is -0.139. The number of amides is 2. The van der Waals surface area contributed by atoms with E-state index in [1.165, 1.54) is 0 Å². The lowest BCUT2D eigenvalue weighted by Gasteiger charge is -2.13. The fraction of sp³-hybridized carbons (Fsp3) is 0.600. The summed E-state index contributed by atoms with van der Waals surface area (Å²) in [6, 6.07) is -1.62. The topological polar surface area (TPSA) is 98.7 Å². The summed E-state index contributed by atoms with van der Waals surface area (Å²) >= 11 is 0. The summed E-state index contributed by atoms with van der Waals surface area (Å²) < 4.78 is 0. The number of nitrogens with one attached hydrogen (secondary N) is 2. The second kappa shape index (κ2) is 7.70. The lowest BCUT2D eigenvalue weighted by atomic mass is 10.2. The van der Waals surface area contributed by atoms with E-state index >= 15 is 0 Å². The molecule has 0 aromatic heterocycles. The molecule has 0 saturated carbocycles. The molecule has 92 valence electrons. The molecule has 0 rings (SSSR count). The van der Waals surface area contributed by atoms with Gasteiger partial charge in [0.25, 0.3) is 0 Å². The van der Waals surface area contributed by atoms with Crippen molar-refractivity contribution in [1.29, 1.82) is 0 Å². The summed E-state index contributed by atoms with van der Waals surface area (Å²) in [7, 11) is 0. The average molecular weight is 230 g/mol. The Labute approximate surface area is 94.3 Å². The van der Waals surface area contributed by atoms with E-state index in [2.05, 4.69) is 10.6 Å². The summed E-state index contributed by atoms with van der Waals surface area (Å²) in [5, 5.41) is 22.0. The Balaban J connectivity index is 4.00. The maximum Gasteiger partial charge on any atom is 0.326 e. The lowest BCUT2D eigenvalue weighted by Crippen LogP contribution is -2.46. The number of aliphatic hydroxyl groups is 1. The van der Waals surface area contributed by atoms with E-state index in [0.29, 0.717) is 6.54 Å². The normalized spacial score (nSPS) is 11.4. The summed E-state index contributed by atoms with van der Waals surface area (Å²) in [5.41, 5.74) is 1.06. The first-order chi connectivity index (χ1) is 7.47. The Bertz CT molecular complexity index is 272. The molecule has 0 aromatic rings. The summed E-state index contributed by atoms with van der Waals surface area (Å²) in [6.45, 7) is 3.85. The number of rotatable bonds is 6. The Morgan fingerprint density at radius 2 is 2.00 bits per heavy atom. The van der Waals surface area contributed by atoms with Gasteiger partial charge in [-0.25, -0.2) is 9.59 Å². The zero-order chi connectivity index (χ0) is 12.6. The van der Waals surface area contributed by atoms with Crippen LogP contribution in [0.4, 0.5) is 4.79 Å². The van der Waals surface area contributed by atoms with Crippen LogP contribution in [0.25, 0.3) is 0 Å². The van der Waals surface area contributed by atoms with Crippen molar-refractivity contribution in [3.63, 3.8) is 0 Å². The molecule has 0 unspecified atom stereocenters. The molecule has 0 fully saturated rings. The molecule has 0 saturated heterocycles. The van der Waals surface area contributed by atoms with E-state index in [1.807, 2.05) is 13.8 Å². The van der Waals surface area contributed by atoms with Gasteiger partial charge in [0.15, 0.2) is 0 Å². The third-order valence-corrected chi connectivity index (χ3v) is 1.79. The quantitative estimate of drug-likeness (QED) is 0.486. The third-order valence-electron chi connectivity index (χ3n) is 1.79. The number of aliphatic carboxylic acids is 1. The number of carbonyl (C=O) groups excluding carboxylic acids is 1. The van der Waals surface area contributed by atoms with E-state index in [0.717, 1.165) is 5.57 Å². The highest BCUT2D eigenvalue weighted by Crippen LogP contribution is 1.91. The maximum absolute atomic E-state index is 11.2. The van der Waals surface area contributed by atoms with Crippen LogP contribution in [-0.2, 0) is 4.79 Å². The molecular weight excluding hydrogens is 212 g/mol. The van der Waals surface area contributed by atoms with Gasteiger partial charge in [0, 0.05) is 19.6 Å². The van der Waals surface area contributed by atoms with Gasteiger partial charge < -0.3 is 20.8 Å². The van der Waals surface area contributed by atoms with Gasteiger partial charge in [-0.3, -0.25) is 0 Å². The van der Waals surface area contributed by atoms with Crippen LogP contribution in [0.15, 0.2) is 11.6 Å². The van der Waals surface area contributed by atoms with Crippen LogP contribution < -0.4 is 10.6 Å². The highest BCUT2D eigenvalue weighted by atomic mass is 16.4. The molecule has 0 aliphatic heterocycles. The van der Waals surface area contributed by atoms with Gasteiger partial charge in [0.05, 0.1) is 0 Å². The molecule has 16 heavy (non-hydrogen) atoms. The Morgan fingerprint density at radius 1 is 1.38 bits per heavy atom. The van der Waals surface area contributed by atoms with Crippen molar-refractivity contribution in [3.8, 4) is 0 Å². The van der Waals surface area contributed by atoms with E-state index in [1.54, 1.807) is 6.08 Å². The van der Waals surface area contributed by atoms with Gasteiger partial charge in [-0.05, 0) is 13.8 Å². The first-order valence-corrected chi connectivity index (χ1v) is 4.98. The first kappa shape index (κ1) is 14.4. The van der Waals surface area contributed by atoms with Gasteiger partial charge in [-0.1, -0.05) is 11.6 Å². The summed E-state index contributed by atoms with van der Waals surface area (Å²) in [5.74, 6) is -1.16. The molecule has 6 nitrogen and oxygen atoms in total. The minimum absolute atomic E-state index is 0.00853. The molecule has 2 amide bonds. The fourth-order valence-electron chi connectivity index (χ4n) is 0.944. The summed E-state index contributed by atoms with van der Waals surface area (Å²) in [4.78, 5) is 21.9. The molecule has 4 N–H and O–H groups in total. The number of hydrogen-bond donors (Lipinski definition) is 4.